The molecular formula is C15H15FN4O2S. The summed E-state index contributed by atoms with van der Waals surface area (Å²) in [5.41, 5.74) is 0.739. The summed E-state index contributed by atoms with van der Waals surface area (Å²) in [6, 6.07) is 12.6. The minimum absolute atomic E-state index is 0.0135. The molecule has 0 aliphatic rings. The highest BCUT2D eigenvalue weighted by molar-refractivity contribution is 7.80. The maximum atomic E-state index is 13.5. The summed E-state index contributed by atoms with van der Waals surface area (Å²) in [5, 5.41) is 19.8. The second-order valence-corrected chi connectivity index (χ2v) is 4.97. The Hall–Kier alpha value is -2.74. The van der Waals surface area contributed by atoms with Gasteiger partial charge in [0.15, 0.2) is 5.11 Å². The van der Waals surface area contributed by atoms with Gasteiger partial charge in [-0.25, -0.2) is 4.39 Å². The summed E-state index contributed by atoms with van der Waals surface area (Å²) in [4.78, 5) is 10.4. The molecule has 0 saturated heterocycles. The van der Waals surface area contributed by atoms with Crippen LogP contribution in [0.25, 0.3) is 0 Å². The molecule has 0 radical (unpaired) electrons. The van der Waals surface area contributed by atoms with E-state index in [9.17, 15) is 14.5 Å². The average molecular weight is 334 g/mol. The second-order valence-electron chi connectivity index (χ2n) is 4.56. The highest BCUT2D eigenvalue weighted by Crippen LogP contribution is 2.22. The molecule has 0 aliphatic heterocycles. The molecule has 2 aromatic rings. The largest absolute Gasteiger partial charge is 0.378 e. The van der Waals surface area contributed by atoms with Crippen LogP contribution in [-0.2, 0) is 0 Å². The number of rotatable bonds is 6. The monoisotopic (exact) mass is 334 g/mol. The molecule has 0 aliphatic carbocycles. The molecule has 0 heterocycles. The van der Waals surface area contributed by atoms with E-state index in [4.69, 9.17) is 12.2 Å². The van der Waals surface area contributed by atoms with Gasteiger partial charge >= 0.3 is 0 Å². The van der Waals surface area contributed by atoms with Gasteiger partial charge in [0.2, 0.25) is 0 Å². The highest BCUT2D eigenvalue weighted by atomic mass is 32.1. The molecule has 120 valence electrons. The molecule has 0 bridgehead atoms. The number of nitrogens with one attached hydrogen (secondary N) is 3. The van der Waals surface area contributed by atoms with E-state index < -0.39 is 10.7 Å². The Morgan fingerprint density at radius 1 is 1.09 bits per heavy atom. The van der Waals surface area contributed by atoms with Crippen molar-refractivity contribution in [3.8, 4) is 0 Å². The van der Waals surface area contributed by atoms with Crippen molar-refractivity contribution < 1.29 is 9.31 Å². The smallest absolute Gasteiger partial charge is 0.292 e. The highest BCUT2D eigenvalue weighted by Gasteiger charge is 2.11. The van der Waals surface area contributed by atoms with Crippen LogP contribution in [0, 0.1) is 15.9 Å². The van der Waals surface area contributed by atoms with Gasteiger partial charge in [-0.1, -0.05) is 24.3 Å². The number of nitro groups is 1. The number of nitro benzene ring substituents is 1. The van der Waals surface area contributed by atoms with Gasteiger partial charge in [0.05, 0.1) is 10.6 Å². The molecule has 0 fully saturated rings. The quantitative estimate of drug-likeness (QED) is 0.326. The molecule has 23 heavy (non-hydrogen) atoms. The van der Waals surface area contributed by atoms with Gasteiger partial charge in [0.1, 0.15) is 11.5 Å². The number of nitrogens with zero attached hydrogens (tertiary/aromatic N) is 1. The number of hydrogen-bond donors (Lipinski definition) is 3. The van der Waals surface area contributed by atoms with Crippen molar-refractivity contribution in [2.45, 2.75) is 0 Å². The van der Waals surface area contributed by atoms with Crippen LogP contribution in [-0.4, -0.2) is 23.1 Å². The van der Waals surface area contributed by atoms with Gasteiger partial charge in [-0.15, -0.1) is 0 Å². The molecule has 2 rings (SSSR count). The standard InChI is InChI=1S/C15H15FN4O2S/c16-11-5-1-2-6-12(11)19-15(23)18-10-9-17-13-7-3-4-8-14(13)20(21)22/h1-8,17H,9-10H2,(H2,18,19,23). The van der Waals surface area contributed by atoms with Crippen LogP contribution in [0.4, 0.5) is 21.5 Å². The molecule has 0 amide bonds. The SMILES string of the molecule is O=[N+]([O-])c1ccccc1NCCNC(=S)Nc1ccccc1F. The van der Waals surface area contributed by atoms with Crippen molar-refractivity contribution in [3.63, 3.8) is 0 Å². The molecule has 6 nitrogen and oxygen atoms in total. The second kappa shape index (κ2) is 8.04. The first-order valence-corrected chi connectivity index (χ1v) is 7.25. The van der Waals surface area contributed by atoms with Crippen LogP contribution in [0.3, 0.4) is 0 Å². The maximum Gasteiger partial charge on any atom is 0.292 e. The van der Waals surface area contributed by atoms with E-state index in [-0.39, 0.29) is 16.5 Å². The first-order valence-electron chi connectivity index (χ1n) is 6.84. The number of para-hydroxylation sites is 3. The van der Waals surface area contributed by atoms with Crippen LogP contribution in [0.5, 0.6) is 0 Å². The molecular weight excluding hydrogens is 319 g/mol. The predicted molar refractivity (Wildman–Crippen MR) is 92.2 cm³/mol. The normalized spacial score (nSPS) is 9.96. The lowest BCUT2D eigenvalue weighted by Gasteiger charge is -2.12. The maximum absolute atomic E-state index is 13.5. The van der Waals surface area contributed by atoms with E-state index in [1.165, 1.54) is 12.1 Å². The van der Waals surface area contributed by atoms with Crippen LogP contribution >= 0.6 is 12.2 Å². The summed E-state index contributed by atoms with van der Waals surface area (Å²) >= 11 is 5.07. The van der Waals surface area contributed by atoms with Crippen molar-refractivity contribution >= 4 is 34.4 Å². The Morgan fingerprint density at radius 2 is 1.74 bits per heavy atom. The first kappa shape index (κ1) is 16.6. The number of anilines is 2. The number of thiocarbonyl (C=S) groups is 1. The fraction of sp³-hybridized carbons (Fsp3) is 0.133. The van der Waals surface area contributed by atoms with Crippen LogP contribution < -0.4 is 16.0 Å². The van der Waals surface area contributed by atoms with Crippen molar-refractivity contribution in [2.24, 2.45) is 0 Å². The summed E-state index contributed by atoms with van der Waals surface area (Å²) in [6.07, 6.45) is 0. The minimum atomic E-state index is -0.444. The average Bonchev–Trinajstić information content (AvgIpc) is 2.54. The molecule has 0 atom stereocenters. The minimum Gasteiger partial charge on any atom is -0.378 e. The van der Waals surface area contributed by atoms with E-state index in [1.54, 1.807) is 36.4 Å². The first-order chi connectivity index (χ1) is 11.1. The van der Waals surface area contributed by atoms with Crippen LogP contribution in [0.1, 0.15) is 0 Å². The van der Waals surface area contributed by atoms with Gasteiger partial charge in [0, 0.05) is 19.2 Å². The lowest BCUT2D eigenvalue weighted by atomic mass is 10.2. The van der Waals surface area contributed by atoms with Crippen LogP contribution in [0.2, 0.25) is 0 Å². The lowest BCUT2D eigenvalue weighted by molar-refractivity contribution is -0.384. The number of hydrogen-bond acceptors (Lipinski definition) is 4. The molecule has 0 aromatic heterocycles. The van der Waals surface area contributed by atoms with Gasteiger partial charge in [0.25, 0.3) is 5.69 Å². The Labute approximate surface area is 137 Å². The van der Waals surface area contributed by atoms with E-state index in [0.717, 1.165) is 0 Å². The van der Waals surface area contributed by atoms with Crippen molar-refractivity contribution in [1.29, 1.82) is 0 Å². The van der Waals surface area contributed by atoms with Crippen molar-refractivity contribution in [3.05, 3.63) is 64.5 Å². The third-order valence-electron chi connectivity index (χ3n) is 2.95. The summed E-state index contributed by atoms with van der Waals surface area (Å²) in [5.74, 6) is -0.394. The molecule has 2 aromatic carbocycles. The summed E-state index contributed by atoms with van der Waals surface area (Å²) < 4.78 is 13.5. The third kappa shape index (κ3) is 4.89. The van der Waals surface area contributed by atoms with Gasteiger partial charge < -0.3 is 16.0 Å². The Bertz CT molecular complexity index is 711. The zero-order chi connectivity index (χ0) is 16.7. The molecule has 0 spiro atoms. The van der Waals surface area contributed by atoms with Gasteiger partial charge in [-0.2, -0.15) is 0 Å². The third-order valence-corrected chi connectivity index (χ3v) is 3.20. The number of benzene rings is 2. The lowest BCUT2D eigenvalue weighted by Crippen LogP contribution is -2.32. The molecule has 3 N–H and O–H groups in total. The van der Waals surface area contributed by atoms with E-state index in [2.05, 4.69) is 16.0 Å². The van der Waals surface area contributed by atoms with Crippen molar-refractivity contribution in [1.82, 2.24) is 5.32 Å². The fourth-order valence-corrected chi connectivity index (χ4v) is 2.10. The summed E-state index contributed by atoms with van der Waals surface area (Å²) in [6.45, 7) is 0.844. The van der Waals surface area contributed by atoms with Crippen LogP contribution in [0.15, 0.2) is 48.5 Å². The fourth-order valence-electron chi connectivity index (χ4n) is 1.88. The topological polar surface area (TPSA) is 79.2 Å². The van der Waals surface area contributed by atoms with E-state index >= 15 is 0 Å². The van der Waals surface area contributed by atoms with Crippen molar-refractivity contribution in [2.75, 3.05) is 23.7 Å². The van der Waals surface area contributed by atoms with E-state index in [0.29, 0.717) is 18.8 Å². The molecule has 0 saturated carbocycles. The predicted octanol–water partition coefficient (Wildman–Crippen LogP) is 3.13. The van der Waals surface area contributed by atoms with Gasteiger partial charge in [-0.3, -0.25) is 10.1 Å². The number of halogens is 1. The zero-order valence-electron chi connectivity index (χ0n) is 12.1. The Morgan fingerprint density at radius 3 is 2.43 bits per heavy atom. The Balaban J connectivity index is 1.79. The summed E-state index contributed by atoms with van der Waals surface area (Å²) in [7, 11) is 0. The van der Waals surface area contributed by atoms with E-state index in [1.807, 2.05) is 0 Å². The molecule has 8 heteroatoms. The molecule has 0 unspecified atom stereocenters. The van der Waals surface area contributed by atoms with Gasteiger partial charge in [-0.05, 0) is 30.4 Å². The zero-order valence-corrected chi connectivity index (χ0v) is 12.9. The Kier molecular flexibility index (Phi) is 5.81.